The maximum absolute atomic E-state index is 5.98. The SMILES string of the molecule is CC.CC(C)N1CCOC2(CCCNC2)C1. The average molecular weight is 228 g/mol. The Bertz CT molecular complexity index is 183. The maximum Gasteiger partial charge on any atom is 0.0933 e. The van der Waals surface area contributed by atoms with Crippen LogP contribution in [0.15, 0.2) is 0 Å². The third-order valence-electron chi connectivity index (χ3n) is 3.44. The number of nitrogens with one attached hydrogen (secondary N) is 1. The summed E-state index contributed by atoms with van der Waals surface area (Å²) < 4.78 is 5.98. The third-order valence-corrected chi connectivity index (χ3v) is 3.44. The molecule has 2 fully saturated rings. The predicted octanol–water partition coefficient (Wildman–Crippen LogP) is 1.88. The first kappa shape index (κ1) is 13.9. The molecular formula is C13H28N2O. The summed E-state index contributed by atoms with van der Waals surface area (Å²) in [6, 6.07) is 0.651. The van der Waals surface area contributed by atoms with Gasteiger partial charge in [-0.1, -0.05) is 13.8 Å². The molecule has 1 spiro atoms. The van der Waals surface area contributed by atoms with Gasteiger partial charge in [-0.2, -0.15) is 0 Å². The van der Waals surface area contributed by atoms with E-state index in [0.717, 1.165) is 32.8 Å². The quantitative estimate of drug-likeness (QED) is 0.741. The minimum absolute atomic E-state index is 0.126. The summed E-state index contributed by atoms with van der Waals surface area (Å²) in [5.74, 6) is 0. The zero-order valence-electron chi connectivity index (χ0n) is 11.4. The number of hydrogen-bond donors (Lipinski definition) is 1. The fourth-order valence-electron chi connectivity index (χ4n) is 2.51. The van der Waals surface area contributed by atoms with E-state index in [0.29, 0.717) is 6.04 Å². The Balaban J connectivity index is 0.000000606. The van der Waals surface area contributed by atoms with Crippen molar-refractivity contribution in [3.05, 3.63) is 0 Å². The summed E-state index contributed by atoms with van der Waals surface area (Å²) in [6.45, 7) is 13.9. The second-order valence-electron chi connectivity index (χ2n) is 4.88. The molecule has 0 amide bonds. The summed E-state index contributed by atoms with van der Waals surface area (Å²) in [5.41, 5.74) is 0.126. The van der Waals surface area contributed by atoms with Crippen molar-refractivity contribution in [2.45, 2.75) is 52.2 Å². The molecule has 0 bridgehead atoms. The molecule has 0 aromatic heterocycles. The zero-order valence-corrected chi connectivity index (χ0v) is 11.4. The van der Waals surface area contributed by atoms with Crippen molar-refractivity contribution >= 4 is 0 Å². The van der Waals surface area contributed by atoms with Crippen molar-refractivity contribution in [3.63, 3.8) is 0 Å². The smallest absolute Gasteiger partial charge is 0.0933 e. The first-order chi connectivity index (χ1) is 7.72. The van der Waals surface area contributed by atoms with Crippen molar-refractivity contribution in [1.82, 2.24) is 10.2 Å². The van der Waals surface area contributed by atoms with Crippen LogP contribution in [-0.2, 0) is 4.74 Å². The van der Waals surface area contributed by atoms with Crippen molar-refractivity contribution in [1.29, 1.82) is 0 Å². The standard InChI is InChI=1S/C11H22N2O.C2H6/c1-10(2)13-6-7-14-11(9-13)4-3-5-12-8-11;1-2/h10,12H,3-9H2,1-2H3;1-2H3. The van der Waals surface area contributed by atoms with E-state index in [9.17, 15) is 0 Å². The Morgan fingerprint density at radius 1 is 1.31 bits per heavy atom. The van der Waals surface area contributed by atoms with E-state index in [1.807, 2.05) is 13.8 Å². The van der Waals surface area contributed by atoms with Gasteiger partial charge in [0.1, 0.15) is 0 Å². The lowest BCUT2D eigenvalue weighted by Crippen LogP contribution is -2.60. The molecule has 2 heterocycles. The van der Waals surface area contributed by atoms with Crippen LogP contribution in [0.1, 0.15) is 40.5 Å². The highest BCUT2D eigenvalue weighted by molar-refractivity contribution is 4.93. The molecule has 1 N–H and O–H groups in total. The lowest BCUT2D eigenvalue weighted by molar-refractivity contribution is -0.125. The van der Waals surface area contributed by atoms with Crippen molar-refractivity contribution < 1.29 is 4.74 Å². The first-order valence-corrected chi connectivity index (χ1v) is 6.81. The van der Waals surface area contributed by atoms with Gasteiger partial charge in [-0.15, -0.1) is 0 Å². The molecule has 0 saturated carbocycles. The van der Waals surface area contributed by atoms with Crippen LogP contribution in [-0.4, -0.2) is 49.3 Å². The van der Waals surface area contributed by atoms with E-state index >= 15 is 0 Å². The summed E-state index contributed by atoms with van der Waals surface area (Å²) in [5, 5.41) is 3.45. The lowest BCUT2D eigenvalue weighted by Gasteiger charge is -2.46. The first-order valence-electron chi connectivity index (χ1n) is 6.81. The second kappa shape index (κ2) is 6.58. The largest absolute Gasteiger partial charge is 0.371 e. The number of nitrogens with zero attached hydrogens (tertiary/aromatic N) is 1. The van der Waals surface area contributed by atoms with Crippen LogP contribution in [0.25, 0.3) is 0 Å². The van der Waals surface area contributed by atoms with Gasteiger partial charge in [-0.05, 0) is 33.2 Å². The van der Waals surface area contributed by atoms with E-state index in [2.05, 4.69) is 24.1 Å². The zero-order chi connectivity index (χ0) is 12.0. The molecule has 0 aliphatic carbocycles. The predicted molar refractivity (Wildman–Crippen MR) is 68.8 cm³/mol. The van der Waals surface area contributed by atoms with Crippen LogP contribution in [0.5, 0.6) is 0 Å². The average Bonchev–Trinajstić information content (AvgIpc) is 2.33. The van der Waals surface area contributed by atoms with Gasteiger partial charge in [0.05, 0.1) is 12.2 Å². The summed E-state index contributed by atoms with van der Waals surface area (Å²) >= 11 is 0. The summed E-state index contributed by atoms with van der Waals surface area (Å²) in [7, 11) is 0. The Morgan fingerprint density at radius 2 is 2.06 bits per heavy atom. The van der Waals surface area contributed by atoms with Crippen LogP contribution in [0, 0.1) is 0 Å². The monoisotopic (exact) mass is 228 g/mol. The van der Waals surface area contributed by atoms with Gasteiger partial charge in [-0.3, -0.25) is 4.90 Å². The molecule has 3 nitrogen and oxygen atoms in total. The minimum atomic E-state index is 0.126. The minimum Gasteiger partial charge on any atom is -0.371 e. The van der Waals surface area contributed by atoms with Crippen molar-refractivity contribution in [2.24, 2.45) is 0 Å². The fourth-order valence-corrected chi connectivity index (χ4v) is 2.51. The normalized spacial score (nSPS) is 31.3. The van der Waals surface area contributed by atoms with Gasteiger partial charge in [0.2, 0.25) is 0 Å². The van der Waals surface area contributed by atoms with Crippen molar-refractivity contribution in [3.8, 4) is 0 Å². The molecule has 0 aromatic rings. The van der Waals surface area contributed by atoms with Crippen LogP contribution < -0.4 is 5.32 Å². The van der Waals surface area contributed by atoms with E-state index in [1.165, 1.54) is 12.8 Å². The summed E-state index contributed by atoms with van der Waals surface area (Å²) in [6.07, 6.45) is 2.48. The maximum atomic E-state index is 5.98. The third kappa shape index (κ3) is 3.44. The molecule has 2 rings (SSSR count). The molecule has 96 valence electrons. The van der Waals surface area contributed by atoms with Crippen LogP contribution in [0.4, 0.5) is 0 Å². The molecule has 2 aliphatic rings. The number of hydrogen-bond acceptors (Lipinski definition) is 3. The molecule has 1 atom stereocenters. The van der Waals surface area contributed by atoms with Crippen LogP contribution in [0.2, 0.25) is 0 Å². The molecule has 2 aliphatic heterocycles. The highest BCUT2D eigenvalue weighted by Gasteiger charge is 2.38. The number of morpholine rings is 1. The van der Waals surface area contributed by atoms with Gasteiger partial charge < -0.3 is 10.1 Å². The summed E-state index contributed by atoms with van der Waals surface area (Å²) in [4.78, 5) is 2.54. The number of rotatable bonds is 1. The number of ether oxygens (including phenoxy) is 1. The van der Waals surface area contributed by atoms with Gasteiger partial charge in [0.15, 0.2) is 0 Å². The Hall–Kier alpha value is -0.120. The van der Waals surface area contributed by atoms with E-state index < -0.39 is 0 Å². The number of piperidine rings is 1. The van der Waals surface area contributed by atoms with E-state index in [1.54, 1.807) is 0 Å². The Morgan fingerprint density at radius 3 is 2.62 bits per heavy atom. The molecule has 3 heteroatoms. The highest BCUT2D eigenvalue weighted by atomic mass is 16.5. The molecule has 16 heavy (non-hydrogen) atoms. The Kier molecular flexibility index (Phi) is 5.73. The van der Waals surface area contributed by atoms with Crippen LogP contribution >= 0.6 is 0 Å². The highest BCUT2D eigenvalue weighted by Crippen LogP contribution is 2.26. The van der Waals surface area contributed by atoms with Gasteiger partial charge >= 0.3 is 0 Å². The second-order valence-corrected chi connectivity index (χ2v) is 4.88. The molecular weight excluding hydrogens is 200 g/mol. The molecule has 0 aromatic carbocycles. The molecule has 2 saturated heterocycles. The Labute approximate surface area is 101 Å². The topological polar surface area (TPSA) is 24.5 Å². The van der Waals surface area contributed by atoms with E-state index in [-0.39, 0.29) is 5.60 Å². The van der Waals surface area contributed by atoms with Gasteiger partial charge in [0.25, 0.3) is 0 Å². The molecule has 1 unspecified atom stereocenters. The van der Waals surface area contributed by atoms with Gasteiger partial charge in [-0.25, -0.2) is 0 Å². The van der Waals surface area contributed by atoms with Crippen LogP contribution in [0.3, 0.4) is 0 Å². The van der Waals surface area contributed by atoms with E-state index in [4.69, 9.17) is 4.74 Å². The molecule has 0 radical (unpaired) electrons. The van der Waals surface area contributed by atoms with Crippen molar-refractivity contribution in [2.75, 3.05) is 32.8 Å². The lowest BCUT2D eigenvalue weighted by atomic mass is 9.91. The van der Waals surface area contributed by atoms with Gasteiger partial charge in [0, 0.05) is 25.7 Å². The fraction of sp³-hybridized carbons (Fsp3) is 1.00.